The molecule has 0 atom stereocenters. The highest BCUT2D eigenvalue weighted by molar-refractivity contribution is 7.97. The van der Waals surface area contributed by atoms with E-state index in [0.29, 0.717) is 4.90 Å². The van der Waals surface area contributed by atoms with Gasteiger partial charge in [-0.1, -0.05) is 0 Å². The predicted octanol–water partition coefficient (Wildman–Crippen LogP) is 2.14. The van der Waals surface area contributed by atoms with Gasteiger partial charge >= 0.3 is 6.09 Å². The standard InChI is InChI=1S/C12H15N3O3S/c1-12(2,3)18-11(17)15(7-5-13)19-9-4-6-14-10(16)8-9/h4,6,8H,7H2,1-3H3,(H,14,16). The summed E-state index contributed by atoms with van der Waals surface area (Å²) < 4.78 is 6.35. The van der Waals surface area contributed by atoms with Gasteiger partial charge in [-0.15, -0.1) is 0 Å². The molecule has 0 saturated carbocycles. The molecule has 0 unspecified atom stereocenters. The average molecular weight is 281 g/mol. The molecule has 0 spiro atoms. The van der Waals surface area contributed by atoms with Gasteiger partial charge in [-0.2, -0.15) is 5.26 Å². The van der Waals surface area contributed by atoms with Crippen molar-refractivity contribution in [3.63, 3.8) is 0 Å². The zero-order chi connectivity index (χ0) is 14.5. The van der Waals surface area contributed by atoms with Crippen LogP contribution >= 0.6 is 11.9 Å². The van der Waals surface area contributed by atoms with Gasteiger partial charge in [-0.05, 0) is 38.8 Å². The number of hydrogen-bond donors (Lipinski definition) is 1. The summed E-state index contributed by atoms with van der Waals surface area (Å²) in [6.45, 7) is 5.10. The number of H-pyrrole nitrogens is 1. The smallest absolute Gasteiger partial charge is 0.421 e. The minimum atomic E-state index is -0.639. The second-order valence-electron chi connectivity index (χ2n) is 4.65. The van der Waals surface area contributed by atoms with Gasteiger partial charge in [-0.25, -0.2) is 9.10 Å². The third kappa shape index (κ3) is 5.48. The zero-order valence-corrected chi connectivity index (χ0v) is 11.8. The molecule has 0 fully saturated rings. The fraction of sp³-hybridized carbons (Fsp3) is 0.417. The van der Waals surface area contributed by atoms with E-state index in [1.54, 1.807) is 26.8 Å². The third-order valence-electron chi connectivity index (χ3n) is 1.77. The van der Waals surface area contributed by atoms with E-state index in [-0.39, 0.29) is 12.1 Å². The van der Waals surface area contributed by atoms with E-state index in [2.05, 4.69) is 4.98 Å². The summed E-state index contributed by atoms with van der Waals surface area (Å²) in [6.07, 6.45) is 0.865. The van der Waals surface area contributed by atoms with Crippen LogP contribution in [0.25, 0.3) is 0 Å². The summed E-state index contributed by atoms with van der Waals surface area (Å²) in [5, 5.41) is 8.74. The molecular weight excluding hydrogens is 266 g/mol. The molecule has 0 saturated heterocycles. The number of nitrogens with one attached hydrogen (secondary N) is 1. The minimum Gasteiger partial charge on any atom is -0.443 e. The van der Waals surface area contributed by atoms with Crippen LogP contribution < -0.4 is 5.56 Å². The lowest BCUT2D eigenvalue weighted by atomic mass is 10.2. The Hall–Kier alpha value is -1.94. The maximum absolute atomic E-state index is 11.9. The van der Waals surface area contributed by atoms with Crippen molar-refractivity contribution in [2.75, 3.05) is 6.54 Å². The fourth-order valence-corrected chi connectivity index (χ4v) is 1.90. The number of nitrogens with zero attached hydrogens (tertiary/aromatic N) is 2. The third-order valence-corrected chi connectivity index (χ3v) is 2.74. The topological polar surface area (TPSA) is 86.2 Å². The van der Waals surface area contributed by atoms with Crippen LogP contribution in [0.1, 0.15) is 20.8 Å². The summed E-state index contributed by atoms with van der Waals surface area (Å²) >= 11 is 0.993. The summed E-state index contributed by atoms with van der Waals surface area (Å²) in [5.74, 6) is 0. The first kappa shape index (κ1) is 15.1. The first-order chi connectivity index (χ1) is 8.81. The van der Waals surface area contributed by atoms with Gasteiger partial charge in [0.25, 0.3) is 0 Å². The second kappa shape index (κ2) is 6.29. The molecule has 0 aromatic carbocycles. The van der Waals surface area contributed by atoms with Gasteiger partial charge in [0, 0.05) is 17.2 Å². The van der Waals surface area contributed by atoms with Crippen molar-refractivity contribution in [2.24, 2.45) is 0 Å². The normalized spacial score (nSPS) is 10.6. The van der Waals surface area contributed by atoms with Crippen LogP contribution in [0.15, 0.2) is 28.0 Å². The Balaban J connectivity index is 2.81. The molecule has 0 aliphatic rings. The number of rotatable bonds is 3. The molecule has 0 bridgehead atoms. The highest BCUT2D eigenvalue weighted by Gasteiger charge is 2.23. The highest BCUT2D eigenvalue weighted by atomic mass is 32.2. The van der Waals surface area contributed by atoms with Crippen molar-refractivity contribution in [1.82, 2.24) is 9.29 Å². The molecule has 1 aromatic rings. The number of amides is 1. The van der Waals surface area contributed by atoms with Crippen LogP contribution in [-0.2, 0) is 4.74 Å². The minimum absolute atomic E-state index is 0.133. The number of carbonyl (C=O) groups excluding carboxylic acids is 1. The zero-order valence-electron chi connectivity index (χ0n) is 11.0. The number of hydrogen-bond acceptors (Lipinski definition) is 5. The molecule has 0 aliphatic carbocycles. The summed E-state index contributed by atoms with van der Waals surface area (Å²) in [6, 6.07) is 4.87. The molecule has 1 rings (SSSR count). The maximum atomic E-state index is 11.9. The molecule has 1 amide bonds. The number of aromatic amines is 1. The lowest BCUT2D eigenvalue weighted by Crippen LogP contribution is -2.33. The van der Waals surface area contributed by atoms with Crippen LogP contribution in [-0.4, -0.2) is 27.5 Å². The lowest BCUT2D eigenvalue weighted by molar-refractivity contribution is 0.0419. The molecule has 7 heteroatoms. The van der Waals surface area contributed by atoms with Gasteiger partial charge in [0.1, 0.15) is 12.1 Å². The molecule has 19 heavy (non-hydrogen) atoms. The maximum Gasteiger partial charge on any atom is 0.421 e. The molecule has 1 aromatic heterocycles. The molecule has 102 valence electrons. The number of carbonyl (C=O) groups is 1. The average Bonchev–Trinajstić information content (AvgIpc) is 2.26. The fourth-order valence-electron chi connectivity index (χ4n) is 1.12. The Morgan fingerprint density at radius 3 is 2.79 bits per heavy atom. The molecule has 1 N–H and O–H groups in total. The van der Waals surface area contributed by atoms with Crippen LogP contribution in [0.2, 0.25) is 0 Å². The number of aromatic nitrogens is 1. The number of pyridine rings is 1. The van der Waals surface area contributed by atoms with Gasteiger partial charge < -0.3 is 9.72 Å². The largest absolute Gasteiger partial charge is 0.443 e. The Morgan fingerprint density at radius 1 is 1.58 bits per heavy atom. The van der Waals surface area contributed by atoms with Crippen molar-refractivity contribution < 1.29 is 9.53 Å². The van der Waals surface area contributed by atoms with Crippen molar-refractivity contribution >= 4 is 18.0 Å². The van der Waals surface area contributed by atoms with Gasteiger partial charge in [-0.3, -0.25) is 4.79 Å². The summed E-state index contributed by atoms with van der Waals surface area (Å²) in [7, 11) is 0. The van der Waals surface area contributed by atoms with Gasteiger partial charge in [0.05, 0.1) is 6.07 Å². The van der Waals surface area contributed by atoms with Crippen molar-refractivity contribution in [2.45, 2.75) is 31.3 Å². The Morgan fingerprint density at radius 2 is 2.26 bits per heavy atom. The van der Waals surface area contributed by atoms with Crippen molar-refractivity contribution in [1.29, 1.82) is 5.26 Å². The van der Waals surface area contributed by atoms with E-state index in [1.807, 2.05) is 6.07 Å². The van der Waals surface area contributed by atoms with Crippen LogP contribution in [0.3, 0.4) is 0 Å². The van der Waals surface area contributed by atoms with Crippen LogP contribution in [0.4, 0.5) is 4.79 Å². The molecule has 0 aliphatic heterocycles. The van der Waals surface area contributed by atoms with Crippen molar-refractivity contribution in [3.8, 4) is 6.07 Å². The first-order valence-corrected chi connectivity index (χ1v) is 6.33. The van der Waals surface area contributed by atoms with E-state index >= 15 is 0 Å². The van der Waals surface area contributed by atoms with Gasteiger partial charge in [0.15, 0.2) is 0 Å². The molecule has 6 nitrogen and oxygen atoms in total. The summed E-state index contributed by atoms with van der Waals surface area (Å²) in [5.41, 5.74) is -0.912. The molecule has 0 radical (unpaired) electrons. The Kier molecular flexibility index (Phi) is 5.01. The number of nitriles is 1. The number of ether oxygens (including phenoxy) is 1. The second-order valence-corrected chi connectivity index (χ2v) is 5.75. The van der Waals surface area contributed by atoms with Crippen LogP contribution in [0, 0.1) is 11.3 Å². The van der Waals surface area contributed by atoms with E-state index in [9.17, 15) is 9.59 Å². The van der Waals surface area contributed by atoms with Gasteiger partial charge in [0.2, 0.25) is 5.56 Å². The predicted molar refractivity (Wildman–Crippen MR) is 71.5 cm³/mol. The lowest BCUT2D eigenvalue weighted by Gasteiger charge is -2.24. The first-order valence-electron chi connectivity index (χ1n) is 5.56. The van der Waals surface area contributed by atoms with E-state index in [0.717, 1.165) is 11.9 Å². The SMILES string of the molecule is CC(C)(C)OC(=O)N(CC#N)Sc1cc[nH]c(=O)c1. The van der Waals surface area contributed by atoms with Crippen LogP contribution in [0.5, 0.6) is 0 Å². The van der Waals surface area contributed by atoms with E-state index in [1.165, 1.54) is 16.6 Å². The summed E-state index contributed by atoms with van der Waals surface area (Å²) in [4.78, 5) is 26.1. The van der Waals surface area contributed by atoms with Crippen molar-refractivity contribution in [3.05, 3.63) is 28.7 Å². The Labute approximate surface area is 115 Å². The monoisotopic (exact) mass is 281 g/mol. The van der Waals surface area contributed by atoms with E-state index in [4.69, 9.17) is 10.00 Å². The quantitative estimate of drug-likeness (QED) is 0.677. The highest BCUT2D eigenvalue weighted by Crippen LogP contribution is 2.23. The molecule has 1 heterocycles. The molecular formula is C12H15N3O3S. The Bertz CT molecular complexity index is 542. The van der Waals surface area contributed by atoms with E-state index < -0.39 is 11.7 Å².